The third-order valence-electron chi connectivity index (χ3n) is 11.8. The van der Waals surface area contributed by atoms with Crippen molar-refractivity contribution in [3.05, 3.63) is 0 Å². The van der Waals surface area contributed by atoms with Gasteiger partial charge in [-0.25, -0.2) is 4.18 Å². The molecule has 0 aromatic heterocycles. The molecule has 0 bridgehead atoms. The number of rotatable bonds is 13. The Balaban J connectivity index is 1.32. The molecule has 38 heavy (non-hydrogen) atoms. The lowest BCUT2D eigenvalue weighted by molar-refractivity contribution is -0.126. The Labute approximate surface area is 232 Å². The van der Waals surface area contributed by atoms with E-state index in [-0.39, 0.29) is 24.0 Å². The van der Waals surface area contributed by atoms with Gasteiger partial charge in [0.2, 0.25) is 0 Å². The normalized spacial score (nSPS) is 41.8. The molecule has 0 heterocycles. The van der Waals surface area contributed by atoms with Crippen LogP contribution in [0.4, 0.5) is 0 Å². The molecule has 0 spiro atoms. The minimum Gasteiger partial charge on any atom is -0.330 e. The molecule has 10 atom stereocenters. The summed E-state index contributed by atoms with van der Waals surface area (Å²) in [4.78, 5) is 0. The summed E-state index contributed by atoms with van der Waals surface area (Å²) in [5.74, 6) is 3.04. The highest BCUT2D eigenvalue weighted by Gasteiger charge is 2.62. The summed E-state index contributed by atoms with van der Waals surface area (Å²) in [7, 11) is -4.40. The Morgan fingerprint density at radius 3 is 2.42 bits per heavy atom. The van der Waals surface area contributed by atoms with E-state index in [9.17, 15) is 8.42 Å². The zero-order valence-electron chi connectivity index (χ0n) is 24.2. The highest BCUT2D eigenvalue weighted by molar-refractivity contribution is 7.80. The molecule has 4 rings (SSSR count). The highest BCUT2D eigenvalue weighted by Crippen LogP contribution is 2.68. The van der Waals surface area contributed by atoms with Gasteiger partial charge in [-0.1, -0.05) is 20.8 Å². The monoisotopic (exact) mass is 556 g/mol. The molecule has 0 radical (unpaired) electrons. The molecule has 0 aromatic rings. The second-order valence-electron chi connectivity index (χ2n) is 13.8. The van der Waals surface area contributed by atoms with Gasteiger partial charge in [0.15, 0.2) is 0 Å². The second kappa shape index (κ2) is 12.7. The number of hydrogen-bond acceptors (Lipinski definition) is 7. The molecule has 4 aliphatic rings. The predicted molar refractivity (Wildman–Crippen MR) is 153 cm³/mol. The molecule has 0 aromatic carbocycles. The van der Waals surface area contributed by atoms with Crippen molar-refractivity contribution < 1.29 is 17.2 Å². The number of hydrogen-bond donors (Lipinski definition) is 5. The smallest absolute Gasteiger partial charge is 0.330 e. The minimum atomic E-state index is -4.40. The third kappa shape index (κ3) is 6.60. The first-order valence-corrected chi connectivity index (χ1v) is 16.9. The summed E-state index contributed by atoms with van der Waals surface area (Å²) >= 11 is 0. The zero-order valence-corrected chi connectivity index (χ0v) is 25.0. The minimum absolute atomic E-state index is 0.0600. The first-order chi connectivity index (χ1) is 18.0. The molecule has 222 valence electrons. The van der Waals surface area contributed by atoms with Gasteiger partial charge in [-0.2, -0.15) is 8.42 Å². The topological polar surface area (TPSA) is 140 Å². The van der Waals surface area contributed by atoms with Crippen molar-refractivity contribution in [2.24, 2.45) is 57.8 Å². The maximum absolute atomic E-state index is 11.2. The Hall–Kier alpha value is -0.290. The average molecular weight is 557 g/mol. The fourth-order valence-corrected chi connectivity index (χ4v) is 10.2. The van der Waals surface area contributed by atoms with Gasteiger partial charge < -0.3 is 22.1 Å². The second-order valence-corrected chi connectivity index (χ2v) is 14.9. The first-order valence-electron chi connectivity index (χ1n) is 15.5. The van der Waals surface area contributed by atoms with Crippen LogP contribution in [0.15, 0.2) is 0 Å². The van der Waals surface area contributed by atoms with Crippen LogP contribution in [0.5, 0.6) is 0 Å². The van der Waals surface area contributed by atoms with Crippen molar-refractivity contribution in [2.45, 2.75) is 103 Å². The van der Waals surface area contributed by atoms with Crippen molar-refractivity contribution in [3.8, 4) is 0 Å². The lowest BCUT2D eigenvalue weighted by Crippen LogP contribution is -2.61. The van der Waals surface area contributed by atoms with Crippen LogP contribution in [0, 0.1) is 46.3 Å². The highest BCUT2D eigenvalue weighted by atomic mass is 32.3. The van der Waals surface area contributed by atoms with Crippen molar-refractivity contribution in [3.63, 3.8) is 0 Å². The molecule has 4 saturated carbocycles. The van der Waals surface area contributed by atoms with E-state index in [2.05, 4.69) is 31.4 Å². The average Bonchev–Trinajstić information content (AvgIpc) is 3.21. The van der Waals surface area contributed by atoms with E-state index in [1.165, 1.54) is 44.9 Å². The van der Waals surface area contributed by atoms with E-state index in [0.29, 0.717) is 41.0 Å². The van der Waals surface area contributed by atoms with Gasteiger partial charge in [0.25, 0.3) is 0 Å². The fourth-order valence-electron chi connectivity index (χ4n) is 9.83. The van der Waals surface area contributed by atoms with E-state index in [4.69, 9.17) is 20.2 Å². The van der Waals surface area contributed by atoms with Crippen LogP contribution in [-0.2, 0) is 14.6 Å². The molecular formula is C29H56N4O4S. The maximum atomic E-state index is 11.2. The van der Waals surface area contributed by atoms with Gasteiger partial charge >= 0.3 is 10.4 Å². The molecule has 9 heteroatoms. The predicted octanol–water partition coefficient (Wildman–Crippen LogP) is 3.71. The lowest BCUT2D eigenvalue weighted by atomic mass is 9.43. The molecule has 4 aliphatic carbocycles. The molecule has 0 amide bonds. The van der Waals surface area contributed by atoms with Crippen molar-refractivity contribution >= 4 is 10.4 Å². The number of fused-ring (bicyclic) bond motifs is 5. The van der Waals surface area contributed by atoms with Gasteiger partial charge in [0.05, 0.1) is 6.61 Å². The van der Waals surface area contributed by atoms with E-state index in [0.717, 1.165) is 51.9 Å². The van der Waals surface area contributed by atoms with E-state index < -0.39 is 10.4 Å². The van der Waals surface area contributed by atoms with Gasteiger partial charge in [0, 0.05) is 12.1 Å². The summed E-state index contributed by atoms with van der Waals surface area (Å²) in [5.41, 5.74) is 13.2. The molecular weight excluding hydrogens is 500 g/mol. The third-order valence-corrected chi connectivity index (χ3v) is 12.2. The van der Waals surface area contributed by atoms with Crippen molar-refractivity contribution in [1.29, 1.82) is 0 Å². The number of nitrogens with two attached hydrogens (primary N) is 2. The lowest BCUT2D eigenvalue weighted by Gasteiger charge is -2.63. The van der Waals surface area contributed by atoms with Gasteiger partial charge in [-0.15, -0.1) is 0 Å². The summed E-state index contributed by atoms with van der Waals surface area (Å²) in [5, 5.41) is 7.41. The summed E-state index contributed by atoms with van der Waals surface area (Å²) in [6, 6.07) is 0.865. The van der Waals surface area contributed by atoms with Gasteiger partial charge in [-0.05, 0) is 143 Å². The van der Waals surface area contributed by atoms with Gasteiger partial charge in [-0.3, -0.25) is 4.55 Å². The van der Waals surface area contributed by atoms with Crippen molar-refractivity contribution in [2.75, 3.05) is 32.8 Å². The van der Waals surface area contributed by atoms with E-state index in [1.807, 2.05) is 0 Å². The van der Waals surface area contributed by atoms with Crippen LogP contribution in [0.25, 0.3) is 0 Å². The summed E-state index contributed by atoms with van der Waals surface area (Å²) < 4.78 is 36.2. The Morgan fingerprint density at radius 1 is 0.974 bits per heavy atom. The Bertz CT molecular complexity index is 875. The maximum Gasteiger partial charge on any atom is 0.397 e. The SMILES string of the molecule is C[C@H](COS(=O)(=O)O)[C@H]1CC[C@H]2[C@@H]3[C@H](N)C[C@H]4C[C@@H](NCCCNCCCCN)CC[C@]4(C)[C@H]3CC[C@]12C. The molecule has 0 unspecified atom stereocenters. The Kier molecular flexibility index (Phi) is 10.2. The Morgan fingerprint density at radius 2 is 1.68 bits per heavy atom. The van der Waals surface area contributed by atoms with Crippen LogP contribution in [0.3, 0.4) is 0 Å². The largest absolute Gasteiger partial charge is 0.397 e. The number of nitrogens with one attached hydrogen (secondary N) is 2. The van der Waals surface area contributed by atoms with Crippen LogP contribution in [-0.4, -0.2) is 57.8 Å². The molecule has 8 nitrogen and oxygen atoms in total. The van der Waals surface area contributed by atoms with Crippen LogP contribution in [0.2, 0.25) is 0 Å². The first kappa shape index (κ1) is 30.7. The van der Waals surface area contributed by atoms with E-state index >= 15 is 0 Å². The van der Waals surface area contributed by atoms with E-state index in [1.54, 1.807) is 0 Å². The number of unbranched alkanes of at least 4 members (excludes halogenated alkanes) is 1. The quantitative estimate of drug-likeness (QED) is 0.171. The molecule has 4 fully saturated rings. The zero-order chi connectivity index (χ0) is 27.6. The fraction of sp³-hybridized carbons (Fsp3) is 1.00. The van der Waals surface area contributed by atoms with Crippen LogP contribution >= 0.6 is 0 Å². The molecule has 0 aliphatic heterocycles. The summed E-state index contributed by atoms with van der Waals surface area (Å²) in [6.07, 6.45) is 13.1. The van der Waals surface area contributed by atoms with Crippen LogP contribution < -0.4 is 22.1 Å². The van der Waals surface area contributed by atoms with Gasteiger partial charge in [0.1, 0.15) is 0 Å². The standard InChI is InChI=1S/C29H56N4O4S/c1-20(19-37-38(34,35)36)23-7-8-24-27-25(10-12-29(23,24)3)28(2)11-9-22(17-21(28)18-26(27)31)33-16-6-15-32-14-5-4-13-30/h20-27,32-33H,4-19,30-31H2,1-3H3,(H,34,35,36)/t20-,21-,22+,23-,24+,25+,26-,27+,28+,29-/m1/s1. The van der Waals surface area contributed by atoms with Crippen LogP contribution in [0.1, 0.15) is 91.4 Å². The molecule has 0 saturated heterocycles. The molecule has 7 N–H and O–H groups in total. The van der Waals surface area contributed by atoms with Crippen molar-refractivity contribution in [1.82, 2.24) is 10.6 Å². The summed E-state index contributed by atoms with van der Waals surface area (Å²) in [6.45, 7) is 11.2.